The SMILES string of the molecule is CC(C)(C)OC(=O)COC(=O)C(O)(c1ccccc1)c1ccccc1. The van der Waals surface area contributed by atoms with Gasteiger partial charge in [0.15, 0.2) is 6.61 Å². The van der Waals surface area contributed by atoms with Crippen molar-refractivity contribution in [3.05, 3.63) is 71.8 Å². The van der Waals surface area contributed by atoms with Crippen molar-refractivity contribution < 1.29 is 24.2 Å². The molecule has 0 heterocycles. The highest BCUT2D eigenvalue weighted by Crippen LogP contribution is 2.31. The molecule has 25 heavy (non-hydrogen) atoms. The first-order valence-electron chi connectivity index (χ1n) is 7.96. The van der Waals surface area contributed by atoms with E-state index in [1.54, 1.807) is 81.4 Å². The number of aliphatic hydroxyl groups is 1. The third-order valence-corrected chi connectivity index (χ3v) is 3.42. The molecule has 5 heteroatoms. The van der Waals surface area contributed by atoms with E-state index < -0.39 is 29.7 Å². The Balaban J connectivity index is 2.25. The van der Waals surface area contributed by atoms with Crippen molar-refractivity contribution in [1.29, 1.82) is 0 Å². The van der Waals surface area contributed by atoms with E-state index in [0.717, 1.165) is 0 Å². The number of carbonyl (C=O) groups is 2. The van der Waals surface area contributed by atoms with E-state index in [2.05, 4.69) is 0 Å². The maximum absolute atomic E-state index is 12.7. The van der Waals surface area contributed by atoms with Gasteiger partial charge in [-0.1, -0.05) is 60.7 Å². The average molecular weight is 342 g/mol. The molecular weight excluding hydrogens is 320 g/mol. The summed E-state index contributed by atoms with van der Waals surface area (Å²) < 4.78 is 10.2. The van der Waals surface area contributed by atoms with Gasteiger partial charge in [0.05, 0.1) is 0 Å². The van der Waals surface area contributed by atoms with Crippen LogP contribution < -0.4 is 0 Å². The highest BCUT2D eigenvalue weighted by atomic mass is 16.6. The van der Waals surface area contributed by atoms with Gasteiger partial charge in [0.1, 0.15) is 5.60 Å². The molecule has 5 nitrogen and oxygen atoms in total. The van der Waals surface area contributed by atoms with Crippen LogP contribution in [0.25, 0.3) is 0 Å². The maximum atomic E-state index is 12.7. The summed E-state index contributed by atoms with van der Waals surface area (Å²) in [7, 11) is 0. The molecular formula is C20H22O5. The fraction of sp³-hybridized carbons (Fsp3) is 0.300. The van der Waals surface area contributed by atoms with Gasteiger partial charge in [0, 0.05) is 0 Å². The molecule has 0 saturated heterocycles. The zero-order valence-corrected chi connectivity index (χ0v) is 14.6. The zero-order chi connectivity index (χ0) is 18.5. The predicted octanol–water partition coefficient (Wildman–Crippen LogP) is 2.81. The molecule has 2 aromatic rings. The molecule has 0 aromatic heterocycles. The number of ether oxygens (including phenoxy) is 2. The molecule has 0 fully saturated rings. The molecule has 0 atom stereocenters. The van der Waals surface area contributed by atoms with Crippen LogP contribution in [0.15, 0.2) is 60.7 Å². The molecule has 1 N–H and O–H groups in total. The van der Waals surface area contributed by atoms with Gasteiger partial charge in [-0.05, 0) is 31.9 Å². The monoisotopic (exact) mass is 342 g/mol. The Morgan fingerprint density at radius 2 is 1.32 bits per heavy atom. The van der Waals surface area contributed by atoms with E-state index in [9.17, 15) is 14.7 Å². The number of carbonyl (C=O) groups excluding carboxylic acids is 2. The first-order valence-corrected chi connectivity index (χ1v) is 7.96. The normalized spacial score (nSPS) is 11.7. The first kappa shape index (κ1) is 18.7. The van der Waals surface area contributed by atoms with Gasteiger partial charge in [-0.15, -0.1) is 0 Å². The number of rotatable bonds is 5. The number of hydrogen-bond donors (Lipinski definition) is 1. The van der Waals surface area contributed by atoms with Crippen molar-refractivity contribution in [2.75, 3.05) is 6.61 Å². The molecule has 0 amide bonds. The van der Waals surface area contributed by atoms with Crippen LogP contribution in [0.3, 0.4) is 0 Å². The van der Waals surface area contributed by atoms with Gasteiger partial charge in [-0.2, -0.15) is 0 Å². The van der Waals surface area contributed by atoms with Crippen LogP contribution >= 0.6 is 0 Å². The Morgan fingerprint density at radius 3 is 1.72 bits per heavy atom. The van der Waals surface area contributed by atoms with Gasteiger partial charge in [0.25, 0.3) is 0 Å². The number of benzene rings is 2. The van der Waals surface area contributed by atoms with Gasteiger partial charge in [0.2, 0.25) is 5.60 Å². The van der Waals surface area contributed by atoms with E-state index in [0.29, 0.717) is 11.1 Å². The lowest BCUT2D eigenvalue weighted by atomic mass is 9.86. The van der Waals surface area contributed by atoms with Crippen molar-refractivity contribution in [2.45, 2.75) is 32.0 Å². The Morgan fingerprint density at radius 1 is 0.880 bits per heavy atom. The summed E-state index contributed by atoms with van der Waals surface area (Å²) in [5.74, 6) is -1.61. The van der Waals surface area contributed by atoms with Crippen molar-refractivity contribution in [2.24, 2.45) is 0 Å². The Bertz CT molecular complexity index is 677. The summed E-state index contributed by atoms with van der Waals surface area (Å²) in [5, 5.41) is 11.1. The summed E-state index contributed by atoms with van der Waals surface area (Å²) in [6.45, 7) is 4.59. The molecule has 2 aromatic carbocycles. The van der Waals surface area contributed by atoms with E-state index in [1.165, 1.54) is 0 Å². The fourth-order valence-corrected chi connectivity index (χ4v) is 2.36. The molecule has 0 radical (unpaired) electrons. The van der Waals surface area contributed by atoms with E-state index >= 15 is 0 Å². The topological polar surface area (TPSA) is 72.8 Å². The second-order valence-corrected chi connectivity index (χ2v) is 6.61. The van der Waals surface area contributed by atoms with E-state index in [4.69, 9.17) is 9.47 Å². The molecule has 0 aliphatic rings. The van der Waals surface area contributed by atoms with Crippen LogP contribution in [0.4, 0.5) is 0 Å². The lowest BCUT2D eigenvalue weighted by Crippen LogP contribution is -2.40. The summed E-state index contributed by atoms with van der Waals surface area (Å²) >= 11 is 0. The summed E-state index contributed by atoms with van der Waals surface area (Å²) in [4.78, 5) is 24.4. The van der Waals surface area contributed by atoms with Gasteiger partial charge >= 0.3 is 11.9 Å². The minimum atomic E-state index is -2.01. The second-order valence-electron chi connectivity index (χ2n) is 6.61. The Hall–Kier alpha value is -2.66. The summed E-state index contributed by atoms with van der Waals surface area (Å²) in [6, 6.07) is 16.9. The molecule has 132 valence electrons. The molecule has 0 saturated carbocycles. The highest BCUT2D eigenvalue weighted by Gasteiger charge is 2.42. The van der Waals surface area contributed by atoms with Crippen LogP contribution in [0, 0.1) is 0 Å². The average Bonchev–Trinajstić information content (AvgIpc) is 2.59. The molecule has 0 unspecified atom stereocenters. The first-order chi connectivity index (χ1) is 11.7. The number of esters is 2. The van der Waals surface area contributed by atoms with Crippen LogP contribution in [0.1, 0.15) is 31.9 Å². The van der Waals surface area contributed by atoms with Gasteiger partial charge < -0.3 is 14.6 Å². The Kier molecular flexibility index (Phi) is 5.59. The molecule has 2 rings (SSSR count). The summed E-state index contributed by atoms with van der Waals surface area (Å²) in [6.07, 6.45) is 0. The minimum absolute atomic E-state index is 0.357. The van der Waals surface area contributed by atoms with Gasteiger partial charge in [-0.3, -0.25) is 0 Å². The van der Waals surface area contributed by atoms with Crippen LogP contribution in [0.2, 0.25) is 0 Å². The summed E-state index contributed by atoms with van der Waals surface area (Å²) in [5.41, 5.74) is -1.98. The molecule has 0 spiro atoms. The molecule has 0 bridgehead atoms. The molecule has 0 aliphatic carbocycles. The Labute approximate surface area is 147 Å². The van der Waals surface area contributed by atoms with E-state index in [1.807, 2.05) is 0 Å². The minimum Gasteiger partial charge on any atom is -0.457 e. The zero-order valence-electron chi connectivity index (χ0n) is 14.6. The van der Waals surface area contributed by atoms with E-state index in [-0.39, 0.29) is 0 Å². The van der Waals surface area contributed by atoms with Crippen molar-refractivity contribution >= 4 is 11.9 Å². The lowest BCUT2D eigenvalue weighted by Gasteiger charge is -2.27. The standard InChI is InChI=1S/C20H22O5/c1-19(2,3)25-17(21)14-24-18(22)20(23,15-10-6-4-7-11-15)16-12-8-5-9-13-16/h4-13,23H,14H2,1-3H3. The predicted molar refractivity (Wildman–Crippen MR) is 92.7 cm³/mol. The smallest absolute Gasteiger partial charge is 0.348 e. The quantitative estimate of drug-likeness (QED) is 0.846. The fourth-order valence-electron chi connectivity index (χ4n) is 2.36. The van der Waals surface area contributed by atoms with Crippen molar-refractivity contribution in [3.8, 4) is 0 Å². The second kappa shape index (κ2) is 7.49. The van der Waals surface area contributed by atoms with Crippen LogP contribution in [-0.4, -0.2) is 29.3 Å². The van der Waals surface area contributed by atoms with Gasteiger partial charge in [-0.25, -0.2) is 9.59 Å². The number of hydrogen-bond acceptors (Lipinski definition) is 5. The largest absolute Gasteiger partial charge is 0.457 e. The van der Waals surface area contributed by atoms with Crippen molar-refractivity contribution in [1.82, 2.24) is 0 Å². The maximum Gasteiger partial charge on any atom is 0.348 e. The lowest BCUT2D eigenvalue weighted by molar-refractivity contribution is -0.174. The van der Waals surface area contributed by atoms with Crippen LogP contribution in [-0.2, 0) is 24.7 Å². The highest BCUT2D eigenvalue weighted by molar-refractivity contribution is 5.87. The third-order valence-electron chi connectivity index (χ3n) is 3.42. The van der Waals surface area contributed by atoms with Crippen molar-refractivity contribution in [3.63, 3.8) is 0 Å². The molecule has 0 aliphatic heterocycles. The van der Waals surface area contributed by atoms with Crippen LogP contribution in [0.5, 0.6) is 0 Å². The third kappa shape index (κ3) is 4.67.